The molecule has 0 fully saturated rings. The highest BCUT2D eigenvalue weighted by atomic mass is 16.1. The monoisotopic (exact) mass is 250 g/mol. The van der Waals surface area contributed by atoms with E-state index >= 15 is 0 Å². The van der Waals surface area contributed by atoms with Crippen LogP contribution in [0.1, 0.15) is 11.3 Å². The lowest BCUT2D eigenvalue weighted by Gasteiger charge is -2.01. The lowest BCUT2D eigenvalue weighted by Crippen LogP contribution is -2.12. The number of benzene rings is 2. The fourth-order valence-corrected chi connectivity index (χ4v) is 2.12. The number of hydrogen-bond acceptors (Lipinski definition) is 1. The van der Waals surface area contributed by atoms with Gasteiger partial charge in [-0.05, 0) is 17.7 Å². The highest BCUT2D eigenvalue weighted by Crippen LogP contribution is 2.08. The first kappa shape index (κ1) is 11.5. The predicted molar refractivity (Wildman–Crippen MR) is 75.6 cm³/mol. The summed E-state index contributed by atoms with van der Waals surface area (Å²) < 4.78 is 1.57. The van der Waals surface area contributed by atoms with Crippen molar-refractivity contribution in [3.8, 4) is 5.69 Å². The van der Waals surface area contributed by atoms with Crippen LogP contribution in [0, 0.1) is 0 Å². The molecule has 1 heterocycles. The molecule has 2 aromatic carbocycles. The SMILES string of the molecule is O=c1cc(Cc2ccccc2)[nH]n1-c1ccccc1. The first-order chi connectivity index (χ1) is 9.33. The molecule has 3 nitrogen and oxygen atoms in total. The first-order valence-corrected chi connectivity index (χ1v) is 6.23. The predicted octanol–water partition coefficient (Wildman–Crippen LogP) is 2.76. The Morgan fingerprint density at radius 3 is 2.21 bits per heavy atom. The zero-order valence-electron chi connectivity index (χ0n) is 10.4. The van der Waals surface area contributed by atoms with Gasteiger partial charge in [0.1, 0.15) is 0 Å². The van der Waals surface area contributed by atoms with E-state index in [2.05, 4.69) is 17.2 Å². The quantitative estimate of drug-likeness (QED) is 0.762. The Hall–Kier alpha value is -2.55. The van der Waals surface area contributed by atoms with Gasteiger partial charge in [-0.15, -0.1) is 0 Å². The summed E-state index contributed by atoms with van der Waals surface area (Å²) in [7, 11) is 0. The molecule has 19 heavy (non-hydrogen) atoms. The minimum Gasteiger partial charge on any atom is -0.295 e. The van der Waals surface area contributed by atoms with Crippen molar-refractivity contribution in [2.24, 2.45) is 0 Å². The number of hydrogen-bond donors (Lipinski definition) is 1. The molecule has 0 atom stereocenters. The Morgan fingerprint density at radius 2 is 1.53 bits per heavy atom. The van der Waals surface area contributed by atoms with Gasteiger partial charge in [-0.2, -0.15) is 0 Å². The van der Waals surface area contributed by atoms with Gasteiger partial charge in [0, 0.05) is 18.2 Å². The lowest BCUT2D eigenvalue weighted by atomic mass is 10.1. The van der Waals surface area contributed by atoms with Crippen LogP contribution in [-0.2, 0) is 6.42 Å². The summed E-state index contributed by atoms with van der Waals surface area (Å²) in [4.78, 5) is 12.0. The van der Waals surface area contributed by atoms with Gasteiger partial charge in [0.05, 0.1) is 5.69 Å². The van der Waals surface area contributed by atoms with E-state index < -0.39 is 0 Å². The minimum atomic E-state index is -0.0304. The van der Waals surface area contributed by atoms with Crippen LogP contribution in [0.2, 0.25) is 0 Å². The van der Waals surface area contributed by atoms with Gasteiger partial charge in [0.25, 0.3) is 5.56 Å². The van der Waals surface area contributed by atoms with Gasteiger partial charge in [-0.1, -0.05) is 48.5 Å². The Kier molecular flexibility index (Phi) is 3.02. The standard InChI is InChI=1S/C16H14N2O/c19-16-12-14(11-13-7-3-1-4-8-13)17-18(16)15-9-5-2-6-10-15/h1-10,12,17H,11H2. The highest BCUT2D eigenvalue weighted by Gasteiger charge is 2.05. The number of nitrogens with one attached hydrogen (secondary N) is 1. The van der Waals surface area contributed by atoms with Gasteiger partial charge < -0.3 is 0 Å². The summed E-state index contributed by atoms with van der Waals surface area (Å²) in [5.41, 5.74) is 2.92. The number of aromatic nitrogens is 2. The van der Waals surface area contributed by atoms with Gasteiger partial charge in [0.2, 0.25) is 0 Å². The van der Waals surface area contributed by atoms with Gasteiger partial charge in [-0.25, -0.2) is 4.68 Å². The molecule has 94 valence electrons. The summed E-state index contributed by atoms with van der Waals surface area (Å²) in [6.45, 7) is 0. The maximum Gasteiger partial charge on any atom is 0.271 e. The molecule has 0 bridgehead atoms. The van der Waals surface area contributed by atoms with Crippen LogP contribution in [0.3, 0.4) is 0 Å². The largest absolute Gasteiger partial charge is 0.295 e. The van der Waals surface area contributed by atoms with Crippen molar-refractivity contribution in [1.82, 2.24) is 9.78 Å². The van der Waals surface area contributed by atoms with E-state index in [-0.39, 0.29) is 5.56 Å². The molecule has 0 saturated carbocycles. The smallest absolute Gasteiger partial charge is 0.271 e. The van der Waals surface area contributed by atoms with E-state index in [0.29, 0.717) is 0 Å². The Labute approximate surface area is 111 Å². The molecule has 0 aliphatic heterocycles. The number of rotatable bonds is 3. The average Bonchev–Trinajstić information content (AvgIpc) is 2.82. The normalized spacial score (nSPS) is 10.5. The average molecular weight is 250 g/mol. The van der Waals surface area contributed by atoms with E-state index in [9.17, 15) is 4.79 Å². The third-order valence-corrected chi connectivity index (χ3v) is 3.03. The molecule has 3 aromatic rings. The number of nitrogens with zero attached hydrogens (tertiary/aromatic N) is 1. The third-order valence-electron chi connectivity index (χ3n) is 3.03. The Morgan fingerprint density at radius 1 is 0.895 bits per heavy atom. The van der Waals surface area contributed by atoms with Crippen molar-refractivity contribution in [3.63, 3.8) is 0 Å². The number of H-pyrrole nitrogens is 1. The summed E-state index contributed by atoms with van der Waals surface area (Å²) in [6.07, 6.45) is 0.732. The molecule has 0 radical (unpaired) electrons. The van der Waals surface area contributed by atoms with E-state index in [0.717, 1.165) is 17.8 Å². The van der Waals surface area contributed by atoms with Crippen LogP contribution in [0.15, 0.2) is 71.5 Å². The zero-order chi connectivity index (χ0) is 13.1. The third kappa shape index (κ3) is 2.50. The number of para-hydroxylation sites is 1. The Bertz CT molecular complexity index is 711. The van der Waals surface area contributed by atoms with Crippen LogP contribution < -0.4 is 5.56 Å². The van der Waals surface area contributed by atoms with Crippen molar-refractivity contribution in [2.45, 2.75) is 6.42 Å². The van der Waals surface area contributed by atoms with E-state index in [4.69, 9.17) is 0 Å². The molecule has 0 saturated heterocycles. The topological polar surface area (TPSA) is 37.8 Å². The molecule has 1 aromatic heterocycles. The van der Waals surface area contributed by atoms with Crippen LogP contribution >= 0.6 is 0 Å². The molecule has 0 spiro atoms. The second-order valence-corrected chi connectivity index (χ2v) is 4.45. The fourth-order valence-electron chi connectivity index (χ4n) is 2.12. The minimum absolute atomic E-state index is 0.0304. The Balaban J connectivity index is 1.92. The molecular formula is C16H14N2O. The van der Waals surface area contributed by atoms with Crippen LogP contribution in [0.5, 0.6) is 0 Å². The molecule has 3 rings (SSSR count). The van der Waals surface area contributed by atoms with Crippen LogP contribution in [0.25, 0.3) is 5.69 Å². The molecule has 0 unspecified atom stereocenters. The summed E-state index contributed by atoms with van der Waals surface area (Å²) in [6, 6.07) is 21.3. The van der Waals surface area contributed by atoms with Crippen LogP contribution in [0.4, 0.5) is 0 Å². The van der Waals surface area contributed by atoms with E-state index in [1.807, 2.05) is 48.5 Å². The molecule has 0 aliphatic carbocycles. The van der Waals surface area contributed by atoms with E-state index in [1.54, 1.807) is 10.7 Å². The van der Waals surface area contributed by atoms with E-state index in [1.165, 1.54) is 5.56 Å². The lowest BCUT2D eigenvalue weighted by molar-refractivity contribution is 0.824. The second kappa shape index (κ2) is 4.98. The second-order valence-electron chi connectivity index (χ2n) is 4.45. The molecule has 1 N–H and O–H groups in total. The van der Waals surface area contributed by atoms with Crippen molar-refractivity contribution < 1.29 is 0 Å². The van der Waals surface area contributed by atoms with Gasteiger partial charge in [0.15, 0.2) is 0 Å². The van der Waals surface area contributed by atoms with Crippen molar-refractivity contribution in [1.29, 1.82) is 0 Å². The zero-order valence-corrected chi connectivity index (χ0v) is 10.4. The summed E-state index contributed by atoms with van der Waals surface area (Å²) in [5.74, 6) is 0. The maximum absolute atomic E-state index is 12.0. The summed E-state index contributed by atoms with van der Waals surface area (Å²) >= 11 is 0. The summed E-state index contributed by atoms with van der Waals surface area (Å²) in [5, 5.41) is 3.15. The highest BCUT2D eigenvalue weighted by molar-refractivity contribution is 5.31. The molecule has 0 amide bonds. The maximum atomic E-state index is 12.0. The molecule has 3 heteroatoms. The van der Waals surface area contributed by atoms with Crippen molar-refractivity contribution in [3.05, 3.63) is 88.3 Å². The van der Waals surface area contributed by atoms with Crippen molar-refractivity contribution >= 4 is 0 Å². The van der Waals surface area contributed by atoms with Gasteiger partial charge in [-0.3, -0.25) is 9.89 Å². The first-order valence-electron chi connectivity index (χ1n) is 6.23. The number of aromatic amines is 1. The molecular weight excluding hydrogens is 236 g/mol. The van der Waals surface area contributed by atoms with Gasteiger partial charge >= 0.3 is 0 Å². The van der Waals surface area contributed by atoms with Crippen LogP contribution in [-0.4, -0.2) is 9.78 Å². The fraction of sp³-hybridized carbons (Fsp3) is 0.0625. The van der Waals surface area contributed by atoms with Crippen molar-refractivity contribution in [2.75, 3.05) is 0 Å². The molecule has 0 aliphatic rings.